The van der Waals surface area contributed by atoms with Gasteiger partial charge in [-0.05, 0) is 12.1 Å². The van der Waals surface area contributed by atoms with Crippen LogP contribution in [0.1, 0.15) is 13.8 Å². The highest BCUT2D eigenvalue weighted by Gasteiger charge is 2.15. The van der Waals surface area contributed by atoms with E-state index in [9.17, 15) is 9.59 Å². The highest BCUT2D eigenvalue weighted by atomic mass is 35.5. The highest BCUT2D eigenvalue weighted by Crippen LogP contribution is 2.34. The first-order valence-electron chi connectivity index (χ1n) is 6.27. The fraction of sp³-hybridized carbons (Fsp3) is 0.154. The molecule has 0 spiro atoms. The normalized spacial score (nSPS) is 10.7. The molecule has 1 aromatic carbocycles. The van der Waals surface area contributed by atoms with E-state index >= 15 is 0 Å². The van der Waals surface area contributed by atoms with Gasteiger partial charge in [0.25, 0.3) is 0 Å². The zero-order valence-corrected chi connectivity index (χ0v) is 12.6. The maximum absolute atomic E-state index is 11.2. The van der Waals surface area contributed by atoms with Crippen molar-refractivity contribution in [3.63, 3.8) is 0 Å². The van der Waals surface area contributed by atoms with Crippen molar-refractivity contribution in [2.24, 2.45) is 10.2 Å². The molecule has 1 aromatic heterocycles. The molecular formula is C13H13ClN6O2. The van der Waals surface area contributed by atoms with Gasteiger partial charge in [0.1, 0.15) is 5.69 Å². The average Bonchev–Trinajstić information content (AvgIpc) is 2.79. The number of hydrogen-bond donors (Lipinski definition) is 3. The first kappa shape index (κ1) is 15.6. The van der Waals surface area contributed by atoms with Crippen molar-refractivity contribution in [3.05, 3.63) is 29.3 Å². The number of halogens is 1. The van der Waals surface area contributed by atoms with Crippen molar-refractivity contribution in [1.29, 1.82) is 0 Å². The van der Waals surface area contributed by atoms with Crippen LogP contribution in [0.2, 0.25) is 5.02 Å². The Morgan fingerprint density at radius 3 is 2.45 bits per heavy atom. The van der Waals surface area contributed by atoms with Crippen molar-refractivity contribution in [3.8, 4) is 0 Å². The topological polar surface area (TPSA) is 112 Å². The van der Waals surface area contributed by atoms with E-state index in [2.05, 4.69) is 31.1 Å². The van der Waals surface area contributed by atoms with Gasteiger partial charge in [0.05, 0.1) is 5.02 Å². The third-order valence-corrected chi connectivity index (χ3v) is 2.77. The molecule has 2 rings (SSSR count). The molecule has 9 heteroatoms. The summed E-state index contributed by atoms with van der Waals surface area (Å²) in [7, 11) is 0. The van der Waals surface area contributed by atoms with Crippen LogP contribution < -0.4 is 10.6 Å². The molecule has 22 heavy (non-hydrogen) atoms. The van der Waals surface area contributed by atoms with Crippen molar-refractivity contribution >= 4 is 46.4 Å². The van der Waals surface area contributed by atoms with E-state index < -0.39 is 0 Å². The Kier molecular flexibility index (Phi) is 4.84. The van der Waals surface area contributed by atoms with Gasteiger partial charge in [-0.1, -0.05) is 23.7 Å². The van der Waals surface area contributed by atoms with E-state index in [1.54, 1.807) is 24.3 Å². The highest BCUT2D eigenvalue weighted by molar-refractivity contribution is 6.32. The lowest BCUT2D eigenvalue weighted by atomic mass is 10.3. The molecule has 0 saturated heterocycles. The summed E-state index contributed by atoms with van der Waals surface area (Å²) in [5.41, 5.74) is 0.651. The first-order chi connectivity index (χ1) is 10.5. The molecule has 0 aliphatic heterocycles. The van der Waals surface area contributed by atoms with Gasteiger partial charge in [-0.15, -0.1) is 10.2 Å². The van der Waals surface area contributed by atoms with E-state index in [1.807, 2.05) is 0 Å². The second kappa shape index (κ2) is 6.81. The summed E-state index contributed by atoms with van der Waals surface area (Å²) < 4.78 is 0. The lowest BCUT2D eigenvalue weighted by Gasteiger charge is -2.01. The SMILES string of the molecule is CC(=O)Nc1n[nH]c(NC(C)=O)c1N=Nc1ccccc1Cl. The number of hydrogen-bond acceptors (Lipinski definition) is 5. The molecule has 0 unspecified atom stereocenters. The molecule has 0 bridgehead atoms. The number of amides is 2. The first-order valence-corrected chi connectivity index (χ1v) is 6.65. The Labute approximate surface area is 131 Å². The average molecular weight is 321 g/mol. The molecular weight excluding hydrogens is 308 g/mol. The Bertz CT molecular complexity index is 706. The molecule has 0 radical (unpaired) electrons. The third-order valence-electron chi connectivity index (χ3n) is 2.45. The van der Waals surface area contributed by atoms with Crippen LogP contribution in [-0.4, -0.2) is 22.0 Å². The summed E-state index contributed by atoms with van der Waals surface area (Å²) in [5.74, 6) is -0.249. The lowest BCUT2D eigenvalue weighted by Crippen LogP contribution is -2.07. The number of benzene rings is 1. The van der Waals surface area contributed by atoms with Crippen molar-refractivity contribution in [1.82, 2.24) is 10.2 Å². The zero-order chi connectivity index (χ0) is 16.1. The molecule has 1 heterocycles. The second-order valence-electron chi connectivity index (χ2n) is 4.31. The summed E-state index contributed by atoms with van der Waals surface area (Å²) >= 11 is 6.00. The maximum atomic E-state index is 11.2. The Hall–Kier alpha value is -2.74. The van der Waals surface area contributed by atoms with E-state index in [1.165, 1.54) is 13.8 Å². The minimum Gasteiger partial charge on any atom is -0.309 e. The monoisotopic (exact) mass is 320 g/mol. The maximum Gasteiger partial charge on any atom is 0.222 e. The summed E-state index contributed by atoms with van der Waals surface area (Å²) in [6, 6.07) is 6.89. The molecule has 2 amide bonds. The summed E-state index contributed by atoms with van der Waals surface area (Å²) in [4.78, 5) is 22.4. The molecule has 114 valence electrons. The van der Waals surface area contributed by atoms with Crippen LogP contribution in [0.25, 0.3) is 0 Å². The van der Waals surface area contributed by atoms with Gasteiger partial charge in [0, 0.05) is 13.8 Å². The number of H-pyrrole nitrogens is 1. The molecule has 0 saturated carbocycles. The summed E-state index contributed by atoms with van der Waals surface area (Å²) in [5, 5.41) is 19.9. The molecule has 0 aliphatic carbocycles. The Morgan fingerprint density at radius 2 is 1.82 bits per heavy atom. The quantitative estimate of drug-likeness (QED) is 0.750. The summed E-state index contributed by atoms with van der Waals surface area (Å²) in [6.45, 7) is 2.68. The van der Waals surface area contributed by atoms with Gasteiger partial charge in [-0.3, -0.25) is 14.7 Å². The van der Waals surface area contributed by atoms with Crippen molar-refractivity contribution < 1.29 is 9.59 Å². The van der Waals surface area contributed by atoms with Gasteiger partial charge in [0.15, 0.2) is 17.3 Å². The van der Waals surface area contributed by atoms with Gasteiger partial charge >= 0.3 is 0 Å². The van der Waals surface area contributed by atoms with Crippen LogP contribution in [0.15, 0.2) is 34.5 Å². The molecule has 0 atom stereocenters. The molecule has 3 N–H and O–H groups in total. The van der Waals surface area contributed by atoms with E-state index in [4.69, 9.17) is 11.6 Å². The fourth-order valence-corrected chi connectivity index (χ4v) is 1.76. The van der Waals surface area contributed by atoms with Crippen LogP contribution in [0.3, 0.4) is 0 Å². The standard InChI is InChI=1S/C13H13ClN6O2/c1-7(21)15-12-11(13(20-19-12)16-8(2)22)18-17-10-6-4-3-5-9(10)14/h3-6H,1-2H3,(H3,15,16,19,20,21,22). The molecule has 0 aliphatic rings. The second-order valence-corrected chi connectivity index (χ2v) is 4.72. The number of nitrogens with zero attached hydrogens (tertiary/aromatic N) is 3. The minimum atomic E-state index is -0.324. The summed E-state index contributed by atoms with van der Waals surface area (Å²) in [6.07, 6.45) is 0. The van der Waals surface area contributed by atoms with Crippen molar-refractivity contribution in [2.45, 2.75) is 13.8 Å². The number of aromatic amines is 1. The number of rotatable bonds is 4. The van der Waals surface area contributed by atoms with Crippen LogP contribution in [-0.2, 0) is 9.59 Å². The third kappa shape index (κ3) is 3.89. The van der Waals surface area contributed by atoms with Crippen LogP contribution in [0, 0.1) is 0 Å². The Morgan fingerprint density at radius 1 is 1.14 bits per heavy atom. The number of carbonyl (C=O) groups excluding carboxylic acids is 2. The minimum absolute atomic E-state index is 0.159. The molecule has 0 fully saturated rings. The van der Waals surface area contributed by atoms with Crippen molar-refractivity contribution in [2.75, 3.05) is 10.6 Å². The van der Waals surface area contributed by atoms with Gasteiger partial charge in [-0.25, -0.2) is 0 Å². The lowest BCUT2D eigenvalue weighted by molar-refractivity contribution is -0.115. The number of aromatic nitrogens is 2. The van der Waals surface area contributed by atoms with E-state index in [0.717, 1.165) is 0 Å². The molecule has 2 aromatic rings. The van der Waals surface area contributed by atoms with Gasteiger partial charge in [-0.2, -0.15) is 5.10 Å². The largest absolute Gasteiger partial charge is 0.309 e. The zero-order valence-electron chi connectivity index (χ0n) is 11.8. The predicted molar refractivity (Wildman–Crippen MR) is 82.8 cm³/mol. The number of carbonyl (C=O) groups is 2. The van der Waals surface area contributed by atoms with Crippen LogP contribution in [0.5, 0.6) is 0 Å². The smallest absolute Gasteiger partial charge is 0.222 e. The van der Waals surface area contributed by atoms with Crippen LogP contribution >= 0.6 is 11.6 Å². The van der Waals surface area contributed by atoms with Crippen LogP contribution in [0.4, 0.5) is 23.0 Å². The van der Waals surface area contributed by atoms with E-state index in [0.29, 0.717) is 10.7 Å². The fourth-order valence-electron chi connectivity index (χ4n) is 1.59. The number of nitrogens with one attached hydrogen (secondary N) is 3. The van der Waals surface area contributed by atoms with Gasteiger partial charge < -0.3 is 10.6 Å². The van der Waals surface area contributed by atoms with Gasteiger partial charge in [0.2, 0.25) is 11.8 Å². The molecule has 8 nitrogen and oxygen atoms in total. The predicted octanol–water partition coefficient (Wildman–Crippen LogP) is 3.40. The Balaban J connectivity index is 2.38. The number of anilines is 2. The number of azo groups is 1. The van der Waals surface area contributed by atoms with E-state index in [-0.39, 0.29) is 29.1 Å².